The van der Waals surface area contributed by atoms with Crippen molar-refractivity contribution < 1.29 is 25.2 Å². The normalized spacial score (nSPS) is 10.1. The van der Waals surface area contributed by atoms with Gasteiger partial charge in [0.1, 0.15) is 22.8 Å². The first-order valence-electron chi connectivity index (χ1n) is 10.1. The molecule has 0 spiro atoms. The molecule has 0 unspecified atom stereocenters. The first kappa shape index (κ1) is 22.4. The van der Waals surface area contributed by atoms with Crippen LogP contribution >= 0.6 is 0 Å². The second kappa shape index (κ2) is 10.7. The van der Waals surface area contributed by atoms with E-state index in [1.165, 1.54) is 12.1 Å². The minimum Gasteiger partial charge on any atom is -0.508 e. The van der Waals surface area contributed by atoms with Crippen LogP contribution in [0.1, 0.15) is 32.6 Å². The molecule has 4 aromatic carbocycles. The van der Waals surface area contributed by atoms with E-state index in [0.29, 0.717) is 24.3 Å². The van der Waals surface area contributed by atoms with Crippen LogP contribution in [0.15, 0.2) is 97.1 Å². The van der Waals surface area contributed by atoms with Crippen LogP contribution in [0.25, 0.3) is 0 Å². The minimum atomic E-state index is -1.11. The molecule has 0 aliphatic rings. The Morgan fingerprint density at radius 2 is 1.00 bits per heavy atom. The van der Waals surface area contributed by atoms with Gasteiger partial charge in [-0.25, -0.2) is 4.79 Å². The van der Waals surface area contributed by atoms with E-state index in [1.54, 1.807) is 24.3 Å². The van der Waals surface area contributed by atoms with E-state index >= 15 is 0 Å². The Labute approximate surface area is 186 Å². The summed E-state index contributed by atoms with van der Waals surface area (Å²) in [5.74, 6) is -0.657. The third kappa shape index (κ3) is 6.12. The summed E-state index contributed by atoms with van der Waals surface area (Å²) in [6, 6.07) is 28.9. The molecule has 162 valence electrons. The van der Waals surface area contributed by atoms with E-state index in [1.807, 2.05) is 42.5 Å². The summed E-state index contributed by atoms with van der Waals surface area (Å²) < 4.78 is 0. The molecule has 0 fully saturated rings. The van der Waals surface area contributed by atoms with Crippen molar-refractivity contribution in [3.8, 4) is 17.2 Å². The fourth-order valence-electron chi connectivity index (χ4n) is 3.26. The molecule has 4 N–H and O–H groups in total. The lowest BCUT2D eigenvalue weighted by Gasteiger charge is -2.08. The van der Waals surface area contributed by atoms with Gasteiger partial charge in [-0.15, -0.1) is 0 Å². The van der Waals surface area contributed by atoms with Crippen molar-refractivity contribution in [2.24, 2.45) is 0 Å². The first-order chi connectivity index (χ1) is 15.4. The van der Waals surface area contributed by atoms with Gasteiger partial charge in [0.25, 0.3) is 0 Å². The number of aromatic carboxylic acids is 1. The molecular formula is C27H24O5. The van der Waals surface area contributed by atoms with Crippen LogP contribution in [0.3, 0.4) is 0 Å². The Bertz CT molecular complexity index is 1140. The molecule has 0 saturated heterocycles. The van der Waals surface area contributed by atoms with E-state index in [2.05, 4.69) is 18.2 Å². The Balaban J connectivity index is 0.000000243. The molecule has 0 aliphatic carbocycles. The summed E-state index contributed by atoms with van der Waals surface area (Å²) >= 11 is 0. The van der Waals surface area contributed by atoms with Crippen LogP contribution in [-0.2, 0) is 12.8 Å². The fraction of sp³-hybridized carbons (Fsp3) is 0.0741. The number of carbonyl (C=O) groups is 1. The zero-order valence-electron chi connectivity index (χ0n) is 17.3. The Morgan fingerprint density at radius 1 is 0.562 bits per heavy atom. The van der Waals surface area contributed by atoms with Gasteiger partial charge in [0, 0.05) is 12.8 Å². The molecule has 0 aliphatic heterocycles. The van der Waals surface area contributed by atoms with Gasteiger partial charge in [-0.05, 0) is 46.5 Å². The maximum atomic E-state index is 10.3. The van der Waals surface area contributed by atoms with Gasteiger partial charge in [-0.1, -0.05) is 72.8 Å². The van der Waals surface area contributed by atoms with Crippen LogP contribution in [0.5, 0.6) is 17.2 Å². The highest BCUT2D eigenvalue weighted by Crippen LogP contribution is 2.23. The Hall–Kier alpha value is -4.25. The van der Waals surface area contributed by atoms with Gasteiger partial charge in [0.05, 0.1) is 0 Å². The van der Waals surface area contributed by atoms with Crippen molar-refractivity contribution in [3.05, 3.63) is 125 Å². The molecular weight excluding hydrogens is 404 g/mol. The van der Waals surface area contributed by atoms with Crippen molar-refractivity contribution in [3.63, 3.8) is 0 Å². The monoisotopic (exact) mass is 428 g/mol. The quantitative estimate of drug-likeness (QED) is 0.343. The Morgan fingerprint density at radius 3 is 1.41 bits per heavy atom. The topological polar surface area (TPSA) is 98.0 Å². The van der Waals surface area contributed by atoms with Crippen LogP contribution < -0.4 is 0 Å². The molecule has 0 heterocycles. The molecule has 0 saturated carbocycles. The van der Waals surface area contributed by atoms with Crippen LogP contribution in [0.4, 0.5) is 0 Å². The number of rotatable bonds is 5. The lowest BCUT2D eigenvalue weighted by molar-refractivity contribution is 0.0693. The summed E-state index contributed by atoms with van der Waals surface area (Å²) in [5.41, 5.74) is 4.07. The highest BCUT2D eigenvalue weighted by Gasteiger charge is 2.06. The van der Waals surface area contributed by atoms with E-state index in [9.17, 15) is 15.0 Å². The molecule has 32 heavy (non-hydrogen) atoms. The summed E-state index contributed by atoms with van der Waals surface area (Å²) in [7, 11) is 0. The van der Waals surface area contributed by atoms with E-state index < -0.39 is 5.97 Å². The van der Waals surface area contributed by atoms with E-state index in [4.69, 9.17) is 10.2 Å². The van der Waals surface area contributed by atoms with Crippen LogP contribution in [-0.4, -0.2) is 26.4 Å². The van der Waals surface area contributed by atoms with Crippen molar-refractivity contribution in [1.82, 2.24) is 0 Å². The maximum Gasteiger partial charge on any atom is 0.339 e. The van der Waals surface area contributed by atoms with Crippen molar-refractivity contribution in [2.45, 2.75) is 12.8 Å². The first-order valence-corrected chi connectivity index (χ1v) is 10.1. The molecule has 5 heteroatoms. The van der Waals surface area contributed by atoms with Gasteiger partial charge in [-0.2, -0.15) is 0 Å². The minimum absolute atomic E-state index is 0.0671. The molecule has 5 nitrogen and oxygen atoms in total. The number of para-hydroxylation sites is 3. The number of phenolic OH excluding ortho intramolecular Hbond substituents is 2. The zero-order chi connectivity index (χ0) is 22.9. The second-order valence-electron chi connectivity index (χ2n) is 7.25. The van der Waals surface area contributed by atoms with Crippen molar-refractivity contribution >= 4 is 5.97 Å². The predicted molar refractivity (Wildman–Crippen MR) is 123 cm³/mol. The molecule has 0 atom stereocenters. The lowest BCUT2D eigenvalue weighted by atomic mass is 9.98. The van der Waals surface area contributed by atoms with Gasteiger partial charge in [0.2, 0.25) is 0 Å². The number of hydrogen-bond acceptors (Lipinski definition) is 4. The zero-order valence-corrected chi connectivity index (χ0v) is 17.3. The molecule has 0 radical (unpaired) electrons. The summed E-state index contributed by atoms with van der Waals surface area (Å²) in [6.07, 6.45) is 1.39. The highest BCUT2D eigenvalue weighted by molar-refractivity contribution is 5.90. The smallest absolute Gasteiger partial charge is 0.339 e. The number of benzene rings is 4. The van der Waals surface area contributed by atoms with E-state index in [0.717, 1.165) is 22.3 Å². The third-order valence-electron chi connectivity index (χ3n) is 4.90. The molecule has 0 amide bonds. The second-order valence-corrected chi connectivity index (χ2v) is 7.25. The number of aromatic hydroxyl groups is 3. The largest absolute Gasteiger partial charge is 0.508 e. The van der Waals surface area contributed by atoms with Crippen LogP contribution in [0.2, 0.25) is 0 Å². The number of carboxylic acid groups (broad SMARTS) is 1. The molecule has 4 rings (SSSR count). The SMILES string of the molecule is O=C(O)c1ccccc1O.Oc1ccccc1Cc1cccc(Cc2ccccc2O)c1. The predicted octanol–water partition coefficient (Wildman–Crippen LogP) is 5.37. The standard InChI is InChI=1S/C20H18O2.C7H6O3/c21-19-10-3-1-8-17(19)13-15-6-5-7-16(12-15)14-18-9-2-4-11-20(18)22;8-6-4-2-1-3-5(6)7(9)10/h1-12,21-22H,13-14H2;1-4,8H,(H,9,10). The van der Waals surface area contributed by atoms with Gasteiger partial charge < -0.3 is 20.4 Å². The Kier molecular flexibility index (Phi) is 7.49. The fourth-order valence-corrected chi connectivity index (χ4v) is 3.26. The molecule has 0 bridgehead atoms. The summed E-state index contributed by atoms with van der Waals surface area (Å²) in [6.45, 7) is 0. The van der Waals surface area contributed by atoms with Crippen LogP contribution in [0, 0.1) is 0 Å². The summed E-state index contributed by atoms with van der Waals surface area (Å²) in [4.78, 5) is 10.3. The van der Waals surface area contributed by atoms with Gasteiger partial charge in [-0.3, -0.25) is 0 Å². The highest BCUT2D eigenvalue weighted by atomic mass is 16.4. The average molecular weight is 428 g/mol. The van der Waals surface area contributed by atoms with Gasteiger partial charge in [0.15, 0.2) is 0 Å². The third-order valence-corrected chi connectivity index (χ3v) is 4.90. The van der Waals surface area contributed by atoms with Gasteiger partial charge >= 0.3 is 5.97 Å². The summed E-state index contributed by atoms with van der Waals surface area (Å²) in [5, 5.41) is 37.1. The van der Waals surface area contributed by atoms with Crippen molar-refractivity contribution in [1.29, 1.82) is 0 Å². The number of carboxylic acids is 1. The van der Waals surface area contributed by atoms with Crippen molar-refractivity contribution in [2.75, 3.05) is 0 Å². The maximum absolute atomic E-state index is 10.3. The lowest BCUT2D eigenvalue weighted by Crippen LogP contribution is -1.95. The molecule has 4 aromatic rings. The number of hydrogen-bond donors (Lipinski definition) is 4. The molecule has 0 aromatic heterocycles. The van der Waals surface area contributed by atoms with E-state index in [-0.39, 0.29) is 11.3 Å². The number of phenols is 3. The average Bonchev–Trinajstić information content (AvgIpc) is 2.78.